The first-order valence-corrected chi connectivity index (χ1v) is 12.5. The monoisotopic (exact) mass is 474 g/mol. The van der Waals surface area contributed by atoms with Crippen LogP contribution in [0.25, 0.3) is 5.57 Å². The molecule has 2 heterocycles. The van der Waals surface area contributed by atoms with E-state index >= 15 is 0 Å². The number of imidazole rings is 1. The molecule has 2 aliphatic rings. The summed E-state index contributed by atoms with van der Waals surface area (Å²) in [5.74, 6) is 0.357. The number of rotatable bonds is 7. The van der Waals surface area contributed by atoms with Gasteiger partial charge in [-0.2, -0.15) is 5.26 Å². The number of nitrogens with one attached hydrogen (secondary N) is 2. The van der Waals surface area contributed by atoms with Crippen molar-refractivity contribution in [1.82, 2.24) is 19.8 Å². The lowest BCUT2D eigenvalue weighted by atomic mass is 9.85. The summed E-state index contributed by atoms with van der Waals surface area (Å²) in [5, 5.41) is 12.0. The normalized spacial score (nSPS) is 16.6. The van der Waals surface area contributed by atoms with E-state index in [0.717, 1.165) is 63.0 Å². The molecule has 0 unspecified atom stereocenters. The van der Waals surface area contributed by atoms with Crippen LogP contribution in [0, 0.1) is 11.3 Å². The molecule has 4 rings (SSSR count). The molecular weight excluding hydrogens is 440 g/mol. The highest BCUT2D eigenvalue weighted by Gasteiger charge is 2.25. The minimum atomic E-state index is -0.360. The lowest BCUT2D eigenvalue weighted by Gasteiger charge is -2.33. The number of nitrogens with zero attached hydrogens (tertiary/aromatic N) is 4. The number of amides is 2. The van der Waals surface area contributed by atoms with Gasteiger partial charge in [-0.15, -0.1) is 0 Å². The zero-order chi connectivity index (χ0) is 24.8. The van der Waals surface area contributed by atoms with Gasteiger partial charge in [-0.25, -0.2) is 4.98 Å². The van der Waals surface area contributed by atoms with Gasteiger partial charge in [0.25, 0.3) is 5.91 Å². The second-order valence-electron chi connectivity index (χ2n) is 9.48. The standard InChI is InChI=1S/C27H34N6O2/c1-3-32(2)18-25(34)33-13-11-19(12-14-33)21-9-10-24(23(15-21)20-7-5-4-6-8-20)31-27(35)26-29-17-22(16-28)30-26/h7,9-10,15,17,19H,3-6,8,11-14,18H2,1-2H3,(H,29,30)(H,31,35). The Morgan fingerprint density at radius 1 is 1.29 bits per heavy atom. The molecular formula is C27H34N6O2. The SMILES string of the molecule is CCN(C)CC(=O)N1CCC(c2ccc(NC(=O)c3ncc(C#N)[nH]3)c(C3=CCCCC3)c2)CC1. The van der Waals surface area contributed by atoms with Crippen LogP contribution in [0.3, 0.4) is 0 Å². The van der Waals surface area contributed by atoms with Crippen LogP contribution >= 0.6 is 0 Å². The summed E-state index contributed by atoms with van der Waals surface area (Å²) in [6.07, 6.45) is 9.88. The van der Waals surface area contributed by atoms with Gasteiger partial charge >= 0.3 is 0 Å². The average molecular weight is 475 g/mol. The van der Waals surface area contributed by atoms with E-state index in [2.05, 4.69) is 40.4 Å². The summed E-state index contributed by atoms with van der Waals surface area (Å²) in [6.45, 7) is 4.94. The molecule has 1 aromatic carbocycles. The Labute approximate surface area is 207 Å². The van der Waals surface area contributed by atoms with E-state index in [4.69, 9.17) is 5.26 Å². The first kappa shape index (κ1) is 24.7. The summed E-state index contributed by atoms with van der Waals surface area (Å²) in [4.78, 5) is 36.1. The molecule has 1 aromatic heterocycles. The molecule has 8 heteroatoms. The van der Waals surface area contributed by atoms with Crippen LogP contribution in [-0.2, 0) is 4.79 Å². The predicted octanol–water partition coefficient (Wildman–Crippen LogP) is 4.15. The maximum Gasteiger partial charge on any atom is 0.291 e. The first-order valence-electron chi connectivity index (χ1n) is 12.5. The van der Waals surface area contributed by atoms with E-state index in [9.17, 15) is 9.59 Å². The Balaban J connectivity index is 1.50. The molecule has 0 spiro atoms. The summed E-state index contributed by atoms with van der Waals surface area (Å²) in [6, 6.07) is 8.27. The van der Waals surface area contributed by atoms with Gasteiger partial charge in [-0.3, -0.25) is 14.5 Å². The Morgan fingerprint density at radius 2 is 2.09 bits per heavy atom. The van der Waals surface area contributed by atoms with Crippen molar-refractivity contribution in [3.63, 3.8) is 0 Å². The zero-order valence-electron chi connectivity index (χ0n) is 20.6. The van der Waals surface area contributed by atoms with Gasteiger partial charge in [-0.1, -0.05) is 19.1 Å². The number of aromatic nitrogens is 2. The van der Waals surface area contributed by atoms with Crippen molar-refractivity contribution in [3.8, 4) is 6.07 Å². The van der Waals surface area contributed by atoms with Crippen molar-refractivity contribution >= 4 is 23.1 Å². The van der Waals surface area contributed by atoms with E-state index in [0.29, 0.717) is 12.5 Å². The second kappa shape index (κ2) is 11.3. The van der Waals surface area contributed by atoms with Gasteiger partial charge in [0.2, 0.25) is 5.91 Å². The number of anilines is 1. The molecule has 0 atom stereocenters. The molecule has 1 aliphatic carbocycles. The maximum atomic E-state index is 12.8. The molecule has 2 amide bonds. The zero-order valence-corrected chi connectivity index (χ0v) is 20.6. The third-order valence-corrected chi connectivity index (χ3v) is 7.10. The molecule has 2 N–H and O–H groups in total. The van der Waals surface area contributed by atoms with Gasteiger partial charge in [0.05, 0.1) is 12.7 Å². The van der Waals surface area contributed by atoms with Crippen LogP contribution in [0.2, 0.25) is 0 Å². The summed E-state index contributed by atoms with van der Waals surface area (Å²) >= 11 is 0. The number of aromatic amines is 1. The summed E-state index contributed by atoms with van der Waals surface area (Å²) in [7, 11) is 1.97. The fourth-order valence-electron chi connectivity index (χ4n) is 4.85. The highest BCUT2D eigenvalue weighted by atomic mass is 16.2. The fourth-order valence-corrected chi connectivity index (χ4v) is 4.85. The third-order valence-electron chi connectivity index (χ3n) is 7.10. The summed E-state index contributed by atoms with van der Waals surface area (Å²) in [5.41, 5.74) is 4.60. The topological polar surface area (TPSA) is 105 Å². The van der Waals surface area contributed by atoms with Gasteiger partial charge in [-0.05, 0) is 81.3 Å². The van der Waals surface area contributed by atoms with Crippen LogP contribution in [0.1, 0.15) is 78.8 Å². The predicted molar refractivity (Wildman–Crippen MR) is 136 cm³/mol. The minimum Gasteiger partial charge on any atom is -0.342 e. The highest BCUT2D eigenvalue weighted by Crippen LogP contribution is 2.36. The van der Waals surface area contributed by atoms with E-state index in [1.807, 2.05) is 29.0 Å². The van der Waals surface area contributed by atoms with Gasteiger partial charge in [0.1, 0.15) is 11.8 Å². The molecule has 0 saturated carbocycles. The van der Waals surface area contributed by atoms with Crippen molar-refractivity contribution in [3.05, 3.63) is 53.1 Å². The number of hydrogen-bond acceptors (Lipinski definition) is 5. The molecule has 0 bridgehead atoms. The smallest absolute Gasteiger partial charge is 0.291 e. The lowest BCUT2D eigenvalue weighted by Crippen LogP contribution is -2.43. The number of piperidine rings is 1. The molecule has 1 saturated heterocycles. The van der Waals surface area contributed by atoms with E-state index < -0.39 is 0 Å². The molecule has 1 aliphatic heterocycles. The number of likely N-dealkylation sites (N-methyl/N-ethyl adjacent to an activating group) is 1. The molecule has 0 radical (unpaired) electrons. The van der Waals surface area contributed by atoms with Crippen LogP contribution < -0.4 is 5.32 Å². The van der Waals surface area contributed by atoms with Crippen LogP contribution in [0.15, 0.2) is 30.5 Å². The van der Waals surface area contributed by atoms with Crippen molar-refractivity contribution in [2.75, 3.05) is 38.5 Å². The fraction of sp³-hybridized carbons (Fsp3) is 0.481. The Bertz CT molecular complexity index is 1140. The Morgan fingerprint density at radius 3 is 2.74 bits per heavy atom. The summed E-state index contributed by atoms with van der Waals surface area (Å²) < 4.78 is 0. The number of nitriles is 1. The Kier molecular flexibility index (Phi) is 7.98. The van der Waals surface area contributed by atoms with Crippen molar-refractivity contribution < 1.29 is 9.59 Å². The number of allylic oxidation sites excluding steroid dienone is 2. The number of hydrogen-bond donors (Lipinski definition) is 2. The second-order valence-corrected chi connectivity index (χ2v) is 9.48. The van der Waals surface area contributed by atoms with Crippen molar-refractivity contribution in [1.29, 1.82) is 5.26 Å². The molecule has 1 fully saturated rings. The van der Waals surface area contributed by atoms with E-state index in [1.54, 1.807) is 0 Å². The van der Waals surface area contributed by atoms with Crippen molar-refractivity contribution in [2.45, 2.75) is 51.4 Å². The number of likely N-dealkylation sites (tertiary alicyclic amines) is 1. The highest BCUT2D eigenvalue weighted by molar-refractivity contribution is 6.03. The van der Waals surface area contributed by atoms with E-state index in [1.165, 1.54) is 23.8 Å². The molecule has 8 nitrogen and oxygen atoms in total. The van der Waals surface area contributed by atoms with E-state index in [-0.39, 0.29) is 23.3 Å². The molecule has 35 heavy (non-hydrogen) atoms. The average Bonchev–Trinajstić information content (AvgIpc) is 3.39. The number of carbonyl (C=O) groups is 2. The van der Waals surface area contributed by atoms with Crippen molar-refractivity contribution in [2.24, 2.45) is 0 Å². The van der Waals surface area contributed by atoms with Gasteiger partial charge in [0, 0.05) is 24.3 Å². The number of benzene rings is 1. The largest absolute Gasteiger partial charge is 0.342 e. The molecule has 184 valence electrons. The first-order chi connectivity index (χ1) is 17.0. The van der Waals surface area contributed by atoms with Crippen LogP contribution in [0.4, 0.5) is 5.69 Å². The van der Waals surface area contributed by atoms with Gasteiger partial charge < -0.3 is 15.2 Å². The minimum absolute atomic E-state index is 0.125. The number of carbonyl (C=O) groups excluding carboxylic acids is 2. The van der Waals surface area contributed by atoms with Crippen LogP contribution in [-0.4, -0.2) is 64.8 Å². The lowest BCUT2D eigenvalue weighted by molar-refractivity contribution is -0.133. The molecule has 2 aromatic rings. The van der Waals surface area contributed by atoms with Crippen LogP contribution in [0.5, 0.6) is 0 Å². The Hall–Kier alpha value is -3.44. The maximum absolute atomic E-state index is 12.8. The quantitative estimate of drug-likeness (QED) is 0.627. The number of H-pyrrole nitrogens is 1. The van der Waals surface area contributed by atoms with Gasteiger partial charge in [0.15, 0.2) is 5.82 Å². The third kappa shape index (κ3) is 5.98.